The highest BCUT2D eigenvalue weighted by Crippen LogP contribution is 2.39. The van der Waals surface area contributed by atoms with E-state index in [1.165, 1.54) is 19.2 Å². The number of amides is 2. The molecular formula is C29H31FN8O3. The molecule has 0 aliphatic carbocycles. The molecule has 6 rings (SSSR count). The maximum absolute atomic E-state index is 14.6. The number of anilines is 5. The van der Waals surface area contributed by atoms with Gasteiger partial charge in [0.25, 0.3) is 5.91 Å². The molecule has 4 aromatic rings. The number of likely N-dealkylation sites (tertiary alicyclic amines) is 1. The monoisotopic (exact) mass is 559 g/mol. The molecular weight excluding hydrogens is 527 g/mol. The Bertz CT molecular complexity index is 1680. The number of rotatable bonds is 7. The molecule has 2 aromatic carbocycles. The minimum absolute atomic E-state index is 0.00664. The Morgan fingerprint density at radius 2 is 2.05 bits per heavy atom. The fourth-order valence-corrected chi connectivity index (χ4v) is 5.52. The Balaban J connectivity index is 1.34. The molecule has 41 heavy (non-hydrogen) atoms. The van der Waals surface area contributed by atoms with Gasteiger partial charge < -0.3 is 30.6 Å². The van der Waals surface area contributed by atoms with Crippen molar-refractivity contribution in [2.45, 2.75) is 25.3 Å². The maximum atomic E-state index is 14.6. The van der Waals surface area contributed by atoms with Crippen LogP contribution in [0.4, 0.5) is 33.2 Å². The summed E-state index contributed by atoms with van der Waals surface area (Å²) in [4.78, 5) is 42.0. The Morgan fingerprint density at radius 3 is 2.85 bits per heavy atom. The van der Waals surface area contributed by atoms with Crippen molar-refractivity contribution in [3.05, 3.63) is 59.5 Å². The standard InChI is InChI=1S/C29H31FN8O3/c1-31-27(39)24-18(30)6-4-7-19(24)33-26-17-9-11-32-25(17)35-29(36-26)34-20-15-22-16(14-23(20)41-3)10-13-38(22)28(40)21-8-5-12-37(21)2/h4,6-7,9,11,14-15,21H,5,8,10,12-13H2,1-3H3,(H,31,39)(H3,32,33,34,35,36)/t21-/m0/s1/i2D. The smallest absolute Gasteiger partial charge is 0.256 e. The summed E-state index contributed by atoms with van der Waals surface area (Å²) in [6.07, 6.45) is 4.06. The lowest BCUT2D eigenvalue weighted by atomic mass is 10.1. The lowest BCUT2D eigenvalue weighted by Gasteiger charge is -2.26. The number of H-pyrrole nitrogens is 1. The minimum atomic E-state index is -0.664. The summed E-state index contributed by atoms with van der Waals surface area (Å²) in [6, 6.07) is 9.60. The Morgan fingerprint density at radius 1 is 1.17 bits per heavy atom. The zero-order chi connectivity index (χ0) is 29.4. The second-order valence-electron chi connectivity index (χ2n) is 10.0. The largest absolute Gasteiger partial charge is 0.495 e. The van der Waals surface area contributed by atoms with Gasteiger partial charge in [0.1, 0.15) is 23.0 Å². The molecule has 1 atom stereocenters. The van der Waals surface area contributed by atoms with E-state index in [2.05, 4.69) is 30.9 Å². The molecule has 1 saturated heterocycles. The number of carbonyl (C=O) groups excluding carboxylic acids is 2. The second-order valence-corrected chi connectivity index (χ2v) is 10.0. The first kappa shape index (κ1) is 25.3. The van der Waals surface area contributed by atoms with Crippen LogP contribution in [0.15, 0.2) is 42.6 Å². The van der Waals surface area contributed by atoms with Crippen molar-refractivity contribution in [1.82, 2.24) is 25.2 Å². The number of benzene rings is 2. The minimum Gasteiger partial charge on any atom is -0.495 e. The van der Waals surface area contributed by atoms with E-state index in [0.29, 0.717) is 41.3 Å². The first-order valence-corrected chi connectivity index (χ1v) is 13.4. The first-order chi connectivity index (χ1) is 20.4. The number of halogens is 1. The average Bonchev–Trinajstić information content (AvgIpc) is 3.76. The molecule has 1 fully saturated rings. The normalized spacial score (nSPS) is 16.9. The molecule has 2 aliphatic rings. The lowest BCUT2D eigenvalue weighted by molar-refractivity contribution is -0.122. The Hall–Kier alpha value is -4.71. The SMILES string of the molecule is [2H]CN1CCC[C@H]1C(=O)N1CCc2cc(OC)c(Nc3nc(Nc4cccc(F)c4C(=O)NC)c4cc[nH]c4n3)cc21. The molecule has 0 saturated carbocycles. The number of hydrogen-bond donors (Lipinski definition) is 4. The Kier molecular flexibility index (Phi) is 6.59. The third-order valence-corrected chi connectivity index (χ3v) is 7.59. The van der Waals surface area contributed by atoms with Crippen molar-refractivity contribution >= 4 is 51.7 Å². The molecule has 0 spiro atoms. The van der Waals surface area contributed by atoms with E-state index >= 15 is 0 Å². The molecule has 0 bridgehead atoms. The van der Waals surface area contributed by atoms with Gasteiger partial charge in [0, 0.05) is 26.8 Å². The summed E-state index contributed by atoms with van der Waals surface area (Å²) in [5, 5.41) is 9.44. The molecule has 2 aromatic heterocycles. The number of nitrogens with zero attached hydrogens (tertiary/aromatic N) is 4. The van der Waals surface area contributed by atoms with Crippen LogP contribution in [0.2, 0.25) is 0 Å². The van der Waals surface area contributed by atoms with Gasteiger partial charge in [-0.05, 0) is 68.7 Å². The third kappa shape index (κ3) is 4.80. The highest BCUT2D eigenvalue weighted by Gasteiger charge is 2.35. The van der Waals surface area contributed by atoms with Crippen molar-refractivity contribution in [2.75, 3.05) is 49.8 Å². The van der Waals surface area contributed by atoms with E-state index in [1.54, 1.807) is 30.3 Å². The number of carbonyl (C=O) groups is 2. The van der Waals surface area contributed by atoms with Crippen LogP contribution >= 0.6 is 0 Å². The molecule has 212 valence electrons. The number of aromatic amines is 1. The van der Waals surface area contributed by atoms with E-state index < -0.39 is 11.7 Å². The molecule has 12 heteroatoms. The van der Waals surface area contributed by atoms with Gasteiger partial charge in [0.15, 0.2) is 0 Å². The number of ether oxygens (including phenoxy) is 1. The van der Waals surface area contributed by atoms with Gasteiger partial charge in [-0.1, -0.05) is 6.07 Å². The first-order valence-electron chi connectivity index (χ1n) is 14.1. The van der Waals surface area contributed by atoms with Gasteiger partial charge in [0.2, 0.25) is 11.9 Å². The topological polar surface area (TPSA) is 128 Å². The van der Waals surface area contributed by atoms with Gasteiger partial charge in [-0.3, -0.25) is 14.5 Å². The highest BCUT2D eigenvalue weighted by atomic mass is 19.1. The van der Waals surface area contributed by atoms with Crippen LogP contribution in [0.25, 0.3) is 11.0 Å². The number of hydrogen-bond acceptors (Lipinski definition) is 8. The van der Waals surface area contributed by atoms with Crippen LogP contribution in [-0.2, 0) is 11.2 Å². The summed E-state index contributed by atoms with van der Waals surface area (Å²) < 4.78 is 28.1. The molecule has 0 radical (unpaired) electrons. The molecule has 0 unspecified atom stereocenters. The quantitative estimate of drug-likeness (QED) is 0.268. The molecule has 11 nitrogen and oxygen atoms in total. The average molecular weight is 560 g/mol. The second kappa shape index (κ2) is 10.7. The van der Waals surface area contributed by atoms with Crippen molar-refractivity contribution < 1.29 is 20.1 Å². The highest BCUT2D eigenvalue weighted by molar-refractivity contribution is 6.02. The van der Waals surface area contributed by atoms with Crippen molar-refractivity contribution in [3.63, 3.8) is 0 Å². The Labute approximate surface area is 237 Å². The third-order valence-electron chi connectivity index (χ3n) is 7.59. The van der Waals surface area contributed by atoms with E-state index in [9.17, 15) is 14.0 Å². The van der Waals surface area contributed by atoms with Gasteiger partial charge in [-0.25, -0.2) is 4.39 Å². The molecule has 4 heterocycles. The predicted molar refractivity (Wildman–Crippen MR) is 155 cm³/mol. The summed E-state index contributed by atoms with van der Waals surface area (Å²) in [5.74, 6) is -0.0920. The van der Waals surface area contributed by atoms with Crippen LogP contribution < -0.4 is 25.6 Å². The van der Waals surface area contributed by atoms with Crippen molar-refractivity contribution in [3.8, 4) is 5.75 Å². The van der Waals surface area contributed by atoms with Crippen LogP contribution in [0.3, 0.4) is 0 Å². The lowest BCUT2D eigenvalue weighted by Crippen LogP contribution is -2.43. The van der Waals surface area contributed by atoms with Crippen molar-refractivity contribution in [1.29, 1.82) is 0 Å². The van der Waals surface area contributed by atoms with E-state index in [4.69, 9.17) is 6.11 Å². The van der Waals surface area contributed by atoms with Crippen molar-refractivity contribution in [2.24, 2.45) is 0 Å². The maximum Gasteiger partial charge on any atom is 0.256 e. The number of methoxy groups -OCH3 is 1. The predicted octanol–water partition coefficient (Wildman–Crippen LogP) is 3.94. The van der Waals surface area contributed by atoms with Crippen LogP contribution in [0, 0.1) is 5.82 Å². The zero-order valence-electron chi connectivity index (χ0n) is 23.8. The summed E-state index contributed by atoms with van der Waals surface area (Å²) in [5.41, 5.74) is 2.98. The van der Waals surface area contributed by atoms with E-state index in [-0.39, 0.29) is 36.2 Å². The van der Waals surface area contributed by atoms with Crippen LogP contribution in [0.1, 0.15) is 30.1 Å². The molecule has 4 N–H and O–H groups in total. The van der Waals surface area contributed by atoms with Gasteiger partial charge >= 0.3 is 0 Å². The van der Waals surface area contributed by atoms with Gasteiger partial charge in [-0.2, -0.15) is 9.97 Å². The summed E-state index contributed by atoms with van der Waals surface area (Å²) in [7, 11) is 3.11. The van der Waals surface area contributed by atoms with E-state index in [0.717, 1.165) is 30.6 Å². The fourth-order valence-electron chi connectivity index (χ4n) is 5.52. The van der Waals surface area contributed by atoms with Gasteiger partial charge in [0.05, 0.1) is 35.5 Å². The summed E-state index contributed by atoms with van der Waals surface area (Å²) >= 11 is 0. The summed E-state index contributed by atoms with van der Waals surface area (Å²) in [6.45, 7) is 1.31. The van der Waals surface area contributed by atoms with Gasteiger partial charge in [-0.15, -0.1) is 0 Å². The number of nitrogens with one attached hydrogen (secondary N) is 4. The number of likely N-dealkylation sites (N-methyl/N-ethyl adjacent to an activating group) is 1. The number of aromatic nitrogens is 3. The molecule has 2 aliphatic heterocycles. The fraction of sp³-hybridized carbons (Fsp3) is 0.310. The van der Waals surface area contributed by atoms with Crippen LogP contribution in [-0.4, -0.2) is 72.0 Å². The van der Waals surface area contributed by atoms with Crippen LogP contribution in [0.5, 0.6) is 5.75 Å². The zero-order valence-corrected chi connectivity index (χ0v) is 22.8. The molecule has 2 amide bonds. The van der Waals surface area contributed by atoms with E-state index in [1.807, 2.05) is 17.0 Å². The number of fused-ring (bicyclic) bond motifs is 2.